The van der Waals surface area contributed by atoms with E-state index in [0.717, 1.165) is 29.0 Å². The Morgan fingerprint density at radius 1 is 1.07 bits per heavy atom. The van der Waals surface area contributed by atoms with Crippen molar-refractivity contribution in [2.75, 3.05) is 12.4 Å². The number of hydrogen-bond acceptors (Lipinski definition) is 3. The lowest BCUT2D eigenvalue weighted by atomic mass is 9.96. The van der Waals surface area contributed by atoms with Crippen LogP contribution < -0.4 is 15.4 Å². The summed E-state index contributed by atoms with van der Waals surface area (Å²) in [5, 5.41) is 5.87. The molecule has 0 saturated heterocycles. The highest BCUT2D eigenvalue weighted by atomic mass is 16.5. The molecule has 144 valence electrons. The van der Waals surface area contributed by atoms with Crippen LogP contribution in [-0.2, 0) is 9.59 Å². The number of methoxy groups -OCH3 is 1. The van der Waals surface area contributed by atoms with Gasteiger partial charge in [0.2, 0.25) is 11.8 Å². The number of hydrogen-bond donors (Lipinski definition) is 2. The smallest absolute Gasteiger partial charge is 0.226 e. The van der Waals surface area contributed by atoms with Crippen LogP contribution in [0.3, 0.4) is 0 Å². The van der Waals surface area contributed by atoms with Crippen LogP contribution in [0.25, 0.3) is 0 Å². The van der Waals surface area contributed by atoms with Gasteiger partial charge in [0, 0.05) is 12.6 Å². The van der Waals surface area contributed by atoms with Crippen molar-refractivity contribution < 1.29 is 14.3 Å². The van der Waals surface area contributed by atoms with Crippen molar-refractivity contribution >= 4 is 17.5 Å². The molecule has 0 radical (unpaired) electrons. The van der Waals surface area contributed by atoms with E-state index in [4.69, 9.17) is 4.74 Å². The molecule has 0 spiro atoms. The zero-order chi connectivity index (χ0) is 19.8. The zero-order valence-corrected chi connectivity index (χ0v) is 16.4. The summed E-state index contributed by atoms with van der Waals surface area (Å²) in [6, 6.07) is 14.8. The maximum Gasteiger partial charge on any atom is 0.226 e. The van der Waals surface area contributed by atoms with E-state index in [1.807, 2.05) is 48.5 Å². The van der Waals surface area contributed by atoms with E-state index in [1.165, 1.54) is 6.92 Å². The molecule has 2 rings (SSSR count). The molecule has 0 fully saturated rings. The number of para-hydroxylation sites is 1. The van der Waals surface area contributed by atoms with Gasteiger partial charge in [-0.25, -0.2) is 0 Å². The second-order valence-corrected chi connectivity index (χ2v) is 6.68. The lowest BCUT2D eigenvalue weighted by molar-refractivity contribution is -0.120. The van der Waals surface area contributed by atoms with E-state index in [2.05, 4.69) is 24.5 Å². The third kappa shape index (κ3) is 5.84. The number of carbonyl (C=O) groups is 2. The van der Waals surface area contributed by atoms with Crippen LogP contribution in [0.1, 0.15) is 56.7 Å². The van der Waals surface area contributed by atoms with Crippen molar-refractivity contribution in [2.24, 2.45) is 0 Å². The van der Waals surface area contributed by atoms with Crippen molar-refractivity contribution in [1.29, 1.82) is 0 Å². The lowest BCUT2D eigenvalue weighted by Crippen LogP contribution is -2.30. The number of ether oxygens (including phenoxy) is 1. The van der Waals surface area contributed by atoms with Crippen LogP contribution in [0.2, 0.25) is 0 Å². The number of nitrogens with one attached hydrogen (secondary N) is 2. The van der Waals surface area contributed by atoms with Gasteiger partial charge >= 0.3 is 0 Å². The minimum absolute atomic E-state index is 0.139. The maximum absolute atomic E-state index is 12.7. The highest BCUT2D eigenvalue weighted by Gasteiger charge is 2.18. The Labute approximate surface area is 161 Å². The Morgan fingerprint density at radius 2 is 1.74 bits per heavy atom. The quantitative estimate of drug-likeness (QED) is 0.725. The third-order valence-electron chi connectivity index (χ3n) is 4.66. The summed E-state index contributed by atoms with van der Waals surface area (Å²) in [4.78, 5) is 24.3. The average molecular weight is 368 g/mol. The van der Waals surface area contributed by atoms with Crippen molar-refractivity contribution in [3.05, 3.63) is 59.7 Å². The van der Waals surface area contributed by atoms with Crippen LogP contribution >= 0.6 is 0 Å². The second kappa shape index (κ2) is 9.76. The fraction of sp³-hybridized carbons (Fsp3) is 0.364. The van der Waals surface area contributed by atoms with Crippen LogP contribution in [0.4, 0.5) is 5.69 Å². The van der Waals surface area contributed by atoms with E-state index >= 15 is 0 Å². The molecule has 0 aliphatic rings. The van der Waals surface area contributed by atoms with Gasteiger partial charge in [0.15, 0.2) is 0 Å². The summed E-state index contributed by atoms with van der Waals surface area (Å²) >= 11 is 0. The van der Waals surface area contributed by atoms with Crippen molar-refractivity contribution in [3.8, 4) is 5.75 Å². The van der Waals surface area contributed by atoms with E-state index < -0.39 is 6.04 Å². The lowest BCUT2D eigenvalue weighted by Gasteiger charge is -2.20. The molecule has 0 aliphatic carbocycles. The number of anilines is 1. The predicted molar refractivity (Wildman–Crippen MR) is 108 cm³/mol. The van der Waals surface area contributed by atoms with Crippen LogP contribution in [0.15, 0.2) is 48.5 Å². The molecule has 27 heavy (non-hydrogen) atoms. The molecular weight excluding hydrogens is 340 g/mol. The predicted octanol–water partition coefficient (Wildman–Crippen LogP) is 4.41. The molecule has 2 atom stereocenters. The Kier molecular flexibility index (Phi) is 7.41. The van der Waals surface area contributed by atoms with Crippen LogP contribution in [0.5, 0.6) is 5.75 Å². The van der Waals surface area contributed by atoms with Crippen molar-refractivity contribution in [1.82, 2.24) is 5.32 Å². The van der Waals surface area contributed by atoms with Crippen molar-refractivity contribution in [2.45, 2.75) is 45.6 Å². The van der Waals surface area contributed by atoms with E-state index in [0.29, 0.717) is 5.92 Å². The molecule has 0 bridgehead atoms. The SMILES string of the molecule is CC[C@@H](C)c1ccccc1NC(=O)C[C@H](NC(C)=O)c1ccc(OC)cc1. The largest absolute Gasteiger partial charge is 0.497 e. The summed E-state index contributed by atoms with van der Waals surface area (Å²) in [7, 11) is 1.60. The van der Waals surface area contributed by atoms with Gasteiger partial charge < -0.3 is 15.4 Å². The highest BCUT2D eigenvalue weighted by molar-refractivity contribution is 5.92. The molecule has 0 heterocycles. The molecule has 0 aromatic heterocycles. The second-order valence-electron chi connectivity index (χ2n) is 6.68. The zero-order valence-electron chi connectivity index (χ0n) is 16.4. The molecule has 0 unspecified atom stereocenters. The number of benzene rings is 2. The van der Waals surface area contributed by atoms with Gasteiger partial charge in [-0.1, -0.05) is 44.2 Å². The molecule has 5 nitrogen and oxygen atoms in total. The van der Waals surface area contributed by atoms with Gasteiger partial charge in [0.1, 0.15) is 5.75 Å². The van der Waals surface area contributed by atoms with Gasteiger partial charge in [0.25, 0.3) is 0 Å². The number of carbonyl (C=O) groups excluding carboxylic acids is 2. The van der Waals surface area contributed by atoms with Crippen LogP contribution in [0, 0.1) is 0 Å². The average Bonchev–Trinajstić information content (AvgIpc) is 2.67. The minimum atomic E-state index is -0.399. The van der Waals surface area contributed by atoms with Crippen molar-refractivity contribution in [3.63, 3.8) is 0 Å². The van der Waals surface area contributed by atoms with Gasteiger partial charge in [-0.2, -0.15) is 0 Å². The molecule has 2 aromatic rings. The van der Waals surface area contributed by atoms with E-state index in [9.17, 15) is 9.59 Å². The monoisotopic (exact) mass is 368 g/mol. The molecule has 2 amide bonds. The maximum atomic E-state index is 12.7. The normalized spacial score (nSPS) is 12.7. The number of rotatable bonds is 8. The Hall–Kier alpha value is -2.82. The molecule has 2 aromatic carbocycles. The highest BCUT2D eigenvalue weighted by Crippen LogP contribution is 2.27. The minimum Gasteiger partial charge on any atom is -0.497 e. The molecule has 2 N–H and O–H groups in total. The van der Waals surface area contributed by atoms with Gasteiger partial charge in [0.05, 0.1) is 19.6 Å². The first-order valence-corrected chi connectivity index (χ1v) is 9.24. The summed E-state index contributed by atoms with van der Waals surface area (Å²) in [6.45, 7) is 5.72. The summed E-state index contributed by atoms with van der Waals surface area (Å²) in [5.74, 6) is 0.769. The first-order chi connectivity index (χ1) is 12.9. The molecular formula is C22H28N2O3. The molecule has 5 heteroatoms. The topological polar surface area (TPSA) is 67.4 Å². The van der Waals surface area contributed by atoms with Gasteiger partial charge in [-0.05, 0) is 41.7 Å². The Bertz CT molecular complexity index is 771. The van der Waals surface area contributed by atoms with Gasteiger partial charge in [-0.3, -0.25) is 9.59 Å². The van der Waals surface area contributed by atoms with Gasteiger partial charge in [-0.15, -0.1) is 0 Å². The molecule has 0 saturated carbocycles. The first kappa shape index (κ1) is 20.5. The standard InChI is InChI=1S/C22H28N2O3/c1-5-15(2)19-8-6-7-9-20(19)24-22(26)14-21(23-16(3)25)17-10-12-18(27-4)13-11-17/h6-13,15,21H,5,14H2,1-4H3,(H,23,25)(H,24,26)/t15-,21+/m1/s1. The van der Waals surface area contributed by atoms with E-state index in [1.54, 1.807) is 7.11 Å². The summed E-state index contributed by atoms with van der Waals surface area (Å²) in [5.41, 5.74) is 2.80. The number of amides is 2. The third-order valence-corrected chi connectivity index (χ3v) is 4.66. The molecule has 0 aliphatic heterocycles. The Morgan fingerprint density at radius 3 is 2.33 bits per heavy atom. The fourth-order valence-corrected chi connectivity index (χ4v) is 2.98. The fourth-order valence-electron chi connectivity index (χ4n) is 2.98. The Balaban J connectivity index is 2.15. The van der Waals surface area contributed by atoms with E-state index in [-0.39, 0.29) is 18.2 Å². The first-order valence-electron chi connectivity index (χ1n) is 9.24. The summed E-state index contributed by atoms with van der Waals surface area (Å²) in [6.07, 6.45) is 1.15. The summed E-state index contributed by atoms with van der Waals surface area (Å²) < 4.78 is 5.17. The van der Waals surface area contributed by atoms with Crippen LogP contribution in [-0.4, -0.2) is 18.9 Å².